The molecule has 0 radical (unpaired) electrons. The van der Waals surface area contributed by atoms with Crippen LogP contribution in [-0.4, -0.2) is 18.0 Å². The average molecular weight is 322 g/mol. The van der Waals surface area contributed by atoms with Gasteiger partial charge in [-0.2, -0.15) is 0 Å². The lowest BCUT2D eigenvalue weighted by molar-refractivity contribution is 0.0919. The van der Waals surface area contributed by atoms with Crippen molar-refractivity contribution in [2.75, 3.05) is 11.4 Å². The van der Waals surface area contributed by atoms with Gasteiger partial charge in [-0.05, 0) is 62.9 Å². The number of benzene rings is 2. The molecule has 1 N–H and O–H groups in total. The molecule has 0 fully saturated rings. The van der Waals surface area contributed by atoms with Crippen LogP contribution in [0.1, 0.15) is 48.7 Å². The molecule has 0 aromatic heterocycles. The fraction of sp³-hybridized carbons (Fsp3) is 0.381. The maximum atomic E-state index is 12.2. The van der Waals surface area contributed by atoms with Crippen LogP contribution in [-0.2, 0) is 13.0 Å². The fourth-order valence-corrected chi connectivity index (χ4v) is 3.17. The Hall–Kier alpha value is -2.29. The van der Waals surface area contributed by atoms with Gasteiger partial charge in [0, 0.05) is 29.9 Å². The molecular formula is C21H26N2O. The van der Waals surface area contributed by atoms with E-state index in [2.05, 4.69) is 46.6 Å². The average Bonchev–Trinajstić information content (AvgIpc) is 2.54. The normalized spacial score (nSPS) is 14.2. The third kappa shape index (κ3) is 3.97. The van der Waals surface area contributed by atoms with Gasteiger partial charge in [0.05, 0.1) is 0 Å². The molecule has 0 saturated carbocycles. The van der Waals surface area contributed by atoms with Gasteiger partial charge in [0.15, 0.2) is 0 Å². The largest absolute Gasteiger partial charge is 0.367 e. The molecule has 0 spiro atoms. The van der Waals surface area contributed by atoms with E-state index in [4.69, 9.17) is 0 Å². The summed E-state index contributed by atoms with van der Waals surface area (Å²) >= 11 is 0. The minimum absolute atomic E-state index is 0.0163. The molecule has 3 rings (SSSR count). The smallest absolute Gasteiger partial charge is 0.251 e. The molecule has 1 amide bonds. The highest BCUT2D eigenvalue weighted by molar-refractivity contribution is 5.94. The van der Waals surface area contributed by atoms with Gasteiger partial charge in [0.2, 0.25) is 0 Å². The Morgan fingerprint density at radius 3 is 2.50 bits per heavy atom. The van der Waals surface area contributed by atoms with Crippen LogP contribution in [0.25, 0.3) is 0 Å². The molecule has 1 aliphatic rings. The second-order valence-corrected chi connectivity index (χ2v) is 7.55. The lowest BCUT2D eigenvalue weighted by atomic mass is 10.0. The minimum atomic E-state index is -0.215. The van der Waals surface area contributed by atoms with Gasteiger partial charge in [0.1, 0.15) is 0 Å². The SMILES string of the molecule is CC(C)(C)NC(=O)c1ccc(CN2CCCc3ccccc32)cc1. The second-order valence-electron chi connectivity index (χ2n) is 7.55. The molecule has 0 unspecified atom stereocenters. The van der Waals surface area contributed by atoms with Gasteiger partial charge < -0.3 is 10.2 Å². The monoisotopic (exact) mass is 322 g/mol. The first-order valence-corrected chi connectivity index (χ1v) is 8.67. The van der Waals surface area contributed by atoms with Crippen molar-refractivity contribution in [3.8, 4) is 0 Å². The van der Waals surface area contributed by atoms with Crippen LogP contribution in [0, 0.1) is 0 Å². The number of hydrogen-bond donors (Lipinski definition) is 1. The summed E-state index contributed by atoms with van der Waals surface area (Å²) in [5, 5.41) is 3.00. The van der Waals surface area contributed by atoms with Gasteiger partial charge in [-0.3, -0.25) is 4.79 Å². The lowest BCUT2D eigenvalue weighted by Crippen LogP contribution is -2.40. The number of carbonyl (C=O) groups excluding carboxylic acids is 1. The quantitative estimate of drug-likeness (QED) is 0.920. The molecule has 2 aromatic carbocycles. The van der Waals surface area contributed by atoms with E-state index in [1.807, 2.05) is 32.9 Å². The number of fused-ring (bicyclic) bond motifs is 1. The standard InChI is InChI=1S/C21H26N2O/c1-21(2,3)22-20(24)18-12-10-16(11-13-18)15-23-14-6-8-17-7-4-5-9-19(17)23/h4-5,7,9-13H,6,8,14-15H2,1-3H3,(H,22,24). The summed E-state index contributed by atoms with van der Waals surface area (Å²) in [7, 11) is 0. The predicted molar refractivity (Wildman–Crippen MR) is 99.5 cm³/mol. The highest BCUT2D eigenvalue weighted by Crippen LogP contribution is 2.28. The van der Waals surface area contributed by atoms with Crippen molar-refractivity contribution in [1.29, 1.82) is 0 Å². The number of rotatable bonds is 3. The van der Waals surface area contributed by atoms with Gasteiger partial charge in [-0.25, -0.2) is 0 Å². The number of nitrogens with one attached hydrogen (secondary N) is 1. The summed E-state index contributed by atoms with van der Waals surface area (Å²) < 4.78 is 0. The van der Waals surface area contributed by atoms with Gasteiger partial charge in [0.25, 0.3) is 5.91 Å². The lowest BCUT2D eigenvalue weighted by Gasteiger charge is -2.31. The first-order chi connectivity index (χ1) is 11.4. The van der Waals surface area contributed by atoms with Crippen molar-refractivity contribution in [3.63, 3.8) is 0 Å². The molecule has 0 bridgehead atoms. The summed E-state index contributed by atoms with van der Waals surface area (Å²) in [4.78, 5) is 14.6. The van der Waals surface area contributed by atoms with Gasteiger partial charge in [-0.1, -0.05) is 30.3 Å². The van der Waals surface area contributed by atoms with E-state index >= 15 is 0 Å². The summed E-state index contributed by atoms with van der Waals surface area (Å²) in [6.45, 7) is 7.95. The summed E-state index contributed by atoms with van der Waals surface area (Å²) in [5.41, 5.74) is 4.52. The fourth-order valence-electron chi connectivity index (χ4n) is 3.17. The number of nitrogens with zero attached hydrogens (tertiary/aromatic N) is 1. The molecule has 1 heterocycles. The maximum absolute atomic E-state index is 12.2. The zero-order valence-corrected chi connectivity index (χ0v) is 14.8. The number of aryl methyl sites for hydroxylation is 1. The van der Waals surface area contributed by atoms with E-state index < -0.39 is 0 Å². The summed E-state index contributed by atoms with van der Waals surface area (Å²) in [6.07, 6.45) is 2.36. The highest BCUT2D eigenvalue weighted by Gasteiger charge is 2.17. The van der Waals surface area contributed by atoms with E-state index in [1.165, 1.54) is 29.7 Å². The summed E-state index contributed by atoms with van der Waals surface area (Å²) in [5.74, 6) is -0.0163. The van der Waals surface area contributed by atoms with Crippen LogP contribution < -0.4 is 10.2 Å². The second kappa shape index (κ2) is 6.68. The van der Waals surface area contributed by atoms with E-state index in [-0.39, 0.29) is 11.4 Å². The Labute approximate surface area is 144 Å². The van der Waals surface area contributed by atoms with Crippen molar-refractivity contribution in [2.45, 2.75) is 45.7 Å². The molecule has 24 heavy (non-hydrogen) atoms. The predicted octanol–water partition coefficient (Wildman–Crippen LogP) is 4.17. The zero-order chi connectivity index (χ0) is 17.2. The highest BCUT2D eigenvalue weighted by atomic mass is 16.1. The van der Waals surface area contributed by atoms with Crippen molar-refractivity contribution in [3.05, 3.63) is 65.2 Å². The van der Waals surface area contributed by atoms with Crippen molar-refractivity contribution in [2.24, 2.45) is 0 Å². The number of amides is 1. The third-order valence-corrected chi connectivity index (χ3v) is 4.28. The Balaban J connectivity index is 1.70. The number of carbonyl (C=O) groups is 1. The Morgan fingerprint density at radius 1 is 1.08 bits per heavy atom. The molecule has 0 atom stereocenters. The van der Waals surface area contributed by atoms with E-state index in [0.717, 1.165) is 13.1 Å². The Bertz CT molecular complexity index is 713. The van der Waals surface area contributed by atoms with Crippen LogP contribution in [0.15, 0.2) is 48.5 Å². The first kappa shape index (κ1) is 16.6. The molecule has 3 nitrogen and oxygen atoms in total. The van der Waals surface area contributed by atoms with Crippen LogP contribution in [0.3, 0.4) is 0 Å². The minimum Gasteiger partial charge on any atom is -0.367 e. The number of anilines is 1. The molecule has 1 aliphatic heterocycles. The van der Waals surface area contributed by atoms with Gasteiger partial charge >= 0.3 is 0 Å². The number of para-hydroxylation sites is 1. The molecule has 126 valence electrons. The van der Waals surface area contributed by atoms with E-state index in [1.54, 1.807) is 0 Å². The Kier molecular flexibility index (Phi) is 4.61. The first-order valence-electron chi connectivity index (χ1n) is 8.67. The molecule has 0 saturated heterocycles. The van der Waals surface area contributed by atoms with Crippen molar-refractivity contribution >= 4 is 11.6 Å². The van der Waals surface area contributed by atoms with Crippen LogP contribution in [0.5, 0.6) is 0 Å². The van der Waals surface area contributed by atoms with E-state index in [9.17, 15) is 4.79 Å². The topological polar surface area (TPSA) is 32.3 Å². The third-order valence-electron chi connectivity index (χ3n) is 4.28. The van der Waals surface area contributed by atoms with Crippen molar-refractivity contribution < 1.29 is 4.79 Å². The molecule has 2 aromatic rings. The van der Waals surface area contributed by atoms with Crippen molar-refractivity contribution in [1.82, 2.24) is 5.32 Å². The van der Waals surface area contributed by atoms with E-state index in [0.29, 0.717) is 5.56 Å². The van der Waals surface area contributed by atoms with Gasteiger partial charge in [-0.15, -0.1) is 0 Å². The Morgan fingerprint density at radius 2 is 1.79 bits per heavy atom. The maximum Gasteiger partial charge on any atom is 0.251 e. The van der Waals surface area contributed by atoms with Crippen LogP contribution in [0.4, 0.5) is 5.69 Å². The van der Waals surface area contributed by atoms with Crippen LogP contribution >= 0.6 is 0 Å². The zero-order valence-electron chi connectivity index (χ0n) is 14.8. The van der Waals surface area contributed by atoms with Crippen LogP contribution in [0.2, 0.25) is 0 Å². The molecular weight excluding hydrogens is 296 g/mol. The molecule has 3 heteroatoms. The number of hydrogen-bond acceptors (Lipinski definition) is 2. The summed E-state index contributed by atoms with van der Waals surface area (Å²) in [6, 6.07) is 16.6. The molecule has 0 aliphatic carbocycles.